The summed E-state index contributed by atoms with van der Waals surface area (Å²) in [4.78, 5) is 17.2. The Morgan fingerprint density at radius 1 is 1.32 bits per heavy atom. The van der Waals surface area contributed by atoms with Crippen LogP contribution in [0.3, 0.4) is 0 Å². The zero-order valence-corrected chi connectivity index (χ0v) is 12.6. The molecule has 4 nitrogen and oxygen atoms in total. The lowest BCUT2D eigenvalue weighted by atomic mass is 10.1. The fourth-order valence-electron chi connectivity index (χ4n) is 3.14. The molecule has 0 radical (unpaired) electrons. The smallest absolute Gasteiger partial charge is 0.258 e. The number of likely N-dealkylation sites (tertiary alicyclic amines) is 1. The van der Waals surface area contributed by atoms with Crippen molar-refractivity contribution in [3.63, 3.8) is 0 Å². The second-order valence-corrected chi connectivity index (χ2v) is 6.11. The minimum atomic E-state index is -0.463. The van der Waals surface area contributed by atoms with Crippen molar-refractivity contribution in [1.29, 1.82) is 0 Å². The van der Waals surface area contributed by atoms with Crippen molar-refractivity contribution in [3.8, 4) is 0 Å². The molecule has 1 aromatic carbocycles. The Balaban J connectivity index is 1.64. The predicted octanol–water partition coefficient (Wildman–Crippen LogP) is 2.02. The van der Waals surface area contributed by atoms with E-state index >= 15 is 0 Å². The van der Waals surface area contributed by atoms with E-state index in [4.69, 9.17) is 5.73 Å². The summed E-state index contributed by atoms with van der Waals surface area (Å²) in [5.41, 5.74) is 6.43. The highest BCUT2D eigenvalue weighted by molar-refractivity contribution is 5.82. The van der Waals surface area contributed by atoms with Crippen LogP contribution in [0.5, 0.6) is 0 Å². The van der Waals surface area contributed by atoms with Gasteiger partial charge in [-0.15, -0.1) is 0 Å². The van der Waals surface area contributed by atoms with E-state index in [-0.39, 0.29) is 10.9 Å². The molecule has 1 fully saturated rings. The van der Waals surface area contributed by atoms with Crippen LogP contribution in [-0.4, -0.2) is 35.6 Å². The number of aryl methyl sites for hydroxylation is 1. The van der Waals surface area contributed by atoms with Crippen LogP contribution in [-0.2, 0) is 6.42 Å². The topological polar surface area (TPSA) is 62.1 Å². The second-order valence-electron chi connectivity index (χ2n) is 6.11. The molecule has 118 valence electrons. The van der Waals surface area contributed by atoms with Crippen molar-refractivity contribution in [3.05, 3.63) is 46.1 Å². The monoisotopic (exact) mass is 303 g/mol. The number of rotatable bonds is 4. The lowest BCUT2D eigenvalue weighted by Gasteiger charge is -2.29. The fraction of sp³-hybridized carbons (Fsp3) is 0.471. The van der Waals surface area contributed by atoms with Crippen molar-refractivity contribution < 1.29 is 4.39 Å². The molecule has 1 saturated heterocycles. The average molecular weight is 303 g/mol. The molecule has 0 amide bonds. The van der Waals surface area contributed by atoms with E-state index in [1.807, 2.05) is 6.07 Å². The van der Waals surface area contributed by atoms with E-state index in [2.05, 4.69) is 9.88 Å². The Morgan fingerprint density at radius 3 is 2.86 bits per heavy atom. The minimum absolute atomic E-state index is 0.149. The highest BCUT2D eigenvalue weighted by atomic mass is 19.1. The molecular formula is C17H22FN3O. The molecule has 0 spiro atoms. The normalized spacial score (nSPS) is 17.2. The number of benzene rings is 1. The van der Waals surface area contributed by atoms with Crippen LogP contribution < -0.4 is 11.3 Å². The third-order valence-corrected chi connectivity index (χ3v) is 4.43. The minimum Gasteiger partial charge on any atom is -0.328 e. The number of hydrogen-bond acceptors (Lipinski definition) is 3. The number of fused-ring (bicyclic) bond motifs is 1. The molecule has 1 aliphatic heterocycles. The van der Waals surface area contributed by atoms with E-state index in [9.17, 15) is 9.18 Å². The zero-order valence-electron chi connectivity index (χ0n) is 12.6. The summed E-state index contributed by atoms with van der Waals surface area (Å²) in [7, 11) is 0. The van der Waals surface area contributed by atoms with Gasteiger partial charge in [-0.2, -0.15) is 0 Å². The van der Waals surface area contributed by atoms with E-state index in [1.165, 1.54) is 6.07 Å². The third-order valence-electron chi connectivity index (χ3n) is 4.43. The quantitative estimate of drug-likeness (QED) is 0.908. The van der Waals surface area contributed by atoms with Crippen LogP contribution in [0.1, 0.15) is 25.0 Å². The van der Waals surface area contributed by atoms with Gasteiger partial charge in [0, 0.05) is 11.7 Å². The summed E-state index contributed by atoms with van der Waals surface area (Å²) in [6.45, 7) is 3.12. The number of nitrogens with two attached hydrogens (primary N) is 1. The van der Waals surface area contributed by atoms with Gasteiger partial charge in [0.05, 0.1) is 5.39 Å². The van der Waals surface area contributed by atoms with Crippen molar-refractivity contribution in [2.45, 2.75) is 31.7 Å². The SMILES string of the molecule is NC1CCN(CCCc2cc3cccc(F)c3c(=O)[nH]2)CC1. The number of aromatic amines is 1. The Morgan fingerprint density at radius 2 is 2.09 bits per heavy atom. The van der Waals surface area contributed by atoms with Gasteiger partial charge in [0.15, 0.2) is 0 Å². The number of nitrogens with one attached hydrogen (secondary N) is 1. The molecule has 0 unspecified atom stereocenters. The molecule has 22 heavy (non-hydrogen) atoms. The van der Waals surface area contributed by atoms with Gasteiger partial charge in [0.25, 0.3) is 5.56 Å². The van der Waals surface area contributed by atoms with Gasteiger partial charge in [-0.25, -0.2) is 4.39 Å². The van der Waals surface area contributed by atoms with Gasteiger partial charge in [-0.3, -0.25) is 4.79 Å². The summed E-state index contributed by atoms with van der Waals surface area (Å²) in [6, 6.07) is 6.97. The van der Waals surface area contributed by atoms with Crippen molar-refractivity contribution >= 4 is 10.8 Å². The van der Waals surface area contributed by atoms with Gasteiger partial charge in [0.1, 0.15) is 5.82 Å². The molecule has 1 aromatic heterocycles. The molecule has 0 aliphatic carbocycles. The van der Waals surface area contributed by atoms with Crippen LogP contribution in [0.2, 0.25) is 0 Å². The molecule has 5 heteroatoms. The van der Waals surface area contributed by atoms with Gasteiger partial charge >= 0.3 is 0 Å². The largest absolute Gasteiger partial charge is 0.328 e. The molecular weight excluding hydrogens is 281 g/mol. The maximum Gasteiger partial charge on any atom is 0.258 e. The average Bonchev–Trinajstić information content (AvgIpc) is 2.49. The molecule has 2 heterocycles. The third kappa shape index (κ3) is 3.36. The summed E-state index contributed by atoms with van der Waals surface area (Å²) in [6.07, 6.45) is 3.90. The first-order chi connectivity index (χ1) is 10.6. The van der Waals surface area contributed by atoms with E-state index in [0.29, 0.717) is 11.4 Å². The standard InChI is InChI=1S/C17H22FN3O/c18-15-5-1-3-12-11-14(20-17(22)16(12)15)4-2-8-21-9-6-13(19)7-10-21/h1,3,5,11,13H,2,4,6-10,19H2,(H,20,22). The van der Waals surface area contributed by atoms with Crippen LogP contribution in [0.4, 0.5) is 4.39 Å². The highest BCUT2D eigenvalue weighted by Crippen LogP contribution is 2.15. The Hall–Kier alpha value is -1.72. The number of nitrogens with zero attached hydrogens (tertiary/aromatic N) is 1. The molecule has 0 saturated carbocycles. The maximum atomic E-state index is 13.7. The van der Waals surface area contributed by atoms with Gasteiger partial charge < -0.3 is 15.6 Å². The Labute approximate surface area is 129 Å². The highest BCUT2D eigenvalue weighted by Gasteiger charge is 2.15. The number of H-pyrrole nitrogens is 1. The first kappa shape index (κ1) is 15.2. The van der Waals surface area contributed by atoms with E-state index < -0.39 is 5.82 Å². The number of pyridine rings is 1. The van der Waals surface area contributed by atoms with Gasteiger partial charge in [-0.1, -0.05) is 12.1 Å². The lowest BCUT2D eigenvalue weighted by molar-refractivity contribution is 0.211. The van der Waals surface area contributed by atoms with Crippen molar-refractivity contribution in [2.75, 3.05) is 19.6 Å². The fourth-order valence-corrected chi connectivity index (χ4v) is 3.14. The van der Waals surface area contributed by atoms with Crippen LogP contribution in [0.15, 0.2) is 29.1 Å². The number of halogens is 1. The van der Waals surface area contributed by atoms with Gasteiger partial charge in [0.2, 0.25) is 0 Å². The molecule has 3 N–H and O–H groups in total. The predicted molar refractivity (Wildman–Crippen MR) is 86.5 cm³/mol. The second kappa shape index (κ2) is 6.58. The Bertz CT molecular complexity index is 705. The molecule has 0 bridgehead atoms. The number of piperidine rings is 1. The van der Waals surface area contributed by atoms with Crippen LogP contribution in [0, 0.1) is 5.82 Å². The van der Waals surface area contributed by atoms with Crippen molar-refractivity contribution in [2.24, 2.45) is 5.73 Å². The number of aromatic nitrogens is 1. The number of hydrogen-bond donors (Lipinski definition) is 2. The first-order valence-corrected chi connectivity index (χ1v) is 7.92. The summed E-state index contributed by atoms with van der Waals surface area (Å²) in [5.74, 6) is -0.463. The first-order valence-electron chi connectivity index (χ1n) is 7.92. The Kier molecular flexibility index (Phi) is 4.55. The lowest BCUT2D eigenvalue weighted by Crippen LogP contribution is -2.40. The summed E-state index contributed by atoms with van der Waals surface area (Å²) < 4.78 is 13.7. The van der Waals surface area contributed by atoms with Crippen LogP contribution >= 0.6 is 0 Å². The summed E-state index contributed by atoms with van der Waals surface area (Å²) in [5, 5.41) is 0.818. The molecule has 0 atom stereocenters. The molecule has 1 aliphatic rings. The van der Waals surface area contributed by atoms with Crippen molar-refractivity contribution in [1.82, 2.24) is 9.88 Å². The van der Waals surface area contributed by atoms with E-state index in [0.717, 1.165) is 51.0 Å². The maximum absolute atomic E-state index is 13.7. The van der Waals surface area contributed by atoms with E-state index in [1.54, 1.807) is 12.1 Å². The van der Waals surface area contributed by atoms with Gasteiger partial charge in [-0.05, 0) is 62.8 Å². The summed E-state index contributed by atoms with van der Waals surface area (Å²) >= 11 is 0. The molecule has 3 rings (SSSR count). The molecule has 2 aromatic rings. The zero-order chi connectivity index (χ0) is 15.5. The van der Waals surface area contributed by atoms with Crippen LogP contribution in [0.25, 0.3) is 10.8 Å².